The number of hydrogen-bond donors (Lipinski definition) is 3. The zero-order valence-electron chi connectivity index (χ0n) is 12.3. The van der Waals surface area contributed by atoms with Gasteiger partial charge in [0.1, 0.15) is 6.54 Å². The first-order valence-electron chi connectivity index (χ1n) is 7.12. The van der Waals surface area contributed by atoms with Crippen molar-refractivity contribution in [3.8, 4) is 0 Å². The van der Waals surface area contributed by atoms with Gasteiger partial charge < -0.3 is 16.2 Å². The number of carbonyl (C=O) groups is 2. The summed E-state index contributed by atoms with van der Waals surface area (Å²) in [6.07, 6.45) is 4.15. The van der Waals surface area contributed by atoms with Gasteiger partial charge in [0.25, 0.3) is 0 Å². The van der Waals surface area contributed by atoms with Crippen LogP contribution in [-0.4, -0.2) is 38.5 Å². The fraction of sp³-hybridized carbons (Fsp3) is 0.692. The summed E-state index contributed by atoms with van der Waals surface area (Å²) in [5.41, 5.74) is 6.06. The van der Waals surface area contributed by atoms with Gasteiger partial charge in [-0.1, -0.05) is 18.6 Å². The Bertz CT molecular complexity index is 460. The third kappa shape index (κ3) is 6.84. The second kappa shape index (κ2) is 9.06. The van der Waals surface area contributed by atoms with Crippen molar-refractivity contribution >= 4 is 11.9 Å². The van der Waals surface area contributed by atoms with Gasteiger partial charge in [-0.2, -0.15) is 0 Å². The number of amides is 1. The normalized spacial score (nSPS) is 12.1. The van der Waals surface area contributed by atoms with Gasteiger partial charge in [0.05, 0.1) is 11.9 Å². The Morgan fingerprint density at radius 1 is 1.48 bits per heavy atom. The van der Waals surface area contributed by atoms with E-state index in [2.05, 4.69) is 15.6 Å². The van der Waals surface area contributed by atoms with Crippen LogP contribution in [0.4, 0.5) is 0 Å². The molecule has 0 aliphatic rings. The number of hydrogen-bond acceptors (Lipinski definition) is 5. The molecule has 4 N–H and O–H groups in total. The van der Waals surface area contributed by atoms with Gasteiger partial charge in [-0.25, -0.2) is 4.68 Å². The van der Waals surface area contributed by atoms with E-state index in [1.807, 2.05) is 6.92 Å². The van der Waals surface area contributed by atoms with E-state index in [-0.39, 0.29) is 18.9 Å². The highest BCUT2D eigenvalue weighted by Gasteiger charge is 2.10. The number of aromatic nitrogens is 3. The average Bonchev–Trinajstić information content (AvgIpc) is 2.89. The van der Waals surface area contributed by atoms with E-state index in [1.54, 1.807) is 6.20 Å². The molecule has 118 valence electrons. The number of nitrogens with two attached hydrogens (primary N) is 1. The van der Waals surface area contributed by atoms with Gasteiger partial charge in [0.2, 0.25) is 5.91 Å². The van der Waals surface area contributed by atoms with Crippen LogP contribution in [0.25, 0.3) is 0 Å². The molecule has 0 spiro atoms. The molecule has 0 saturated heterocycles. The standard InChI is InChI=1S/C13H23N5O3/c1-2-10(3-4-13(20)21)5-6-15-12(19)9-18-8-11(7-14)16-17-18/h8,10H,2-7,9,14H2,1H3,(H,15,19)(H,20,21). The Kier molecular flexibility index (Phi) is 7.38. The van der Waals surface area contributed by atoms with Crippen molar-refractivity contribution in [1.82, 2.24) is 20.3 Å². The van der Waals surface area contributed by atoms with Crippen molar-refractivity contribution in [2.75, 3.05) is 6.54 Å². The molecule has 1 atom stereocenters. The summed E-state index contributed by atoms with van der Waals surface area (Å²) >= 11 is 0. The summed E-state index contributed by atoms with van der Waals surface area (Å²) in [4.78, 5) is 22.3. The Morgan fingerprint density at radius 3 is 2.81 bits per heavy atom. The summed E-state index contributed by atoms with van der Waals surface area (Å²) in [5, 5.41) is 19.1. The molecule has 0 bridgehead atoms. The van der Waals surface area contributed by atoms with Crippen molar-refractivity contribution in [3.63, 3.8) is 0 Å². The third-order valence-electron chi connectivity index (χ3n) is 3.32. The quantitative estimate of drug-likeness (QED) is 0.564. The predicted molar refractivity (Wildman–Crippen MR) is 76.2 cm³/mol. The van der Waals surface area contributed by atoms with Gasteiger partial charge in [-0.15, -0.1) is 5.10 Å². The minimum atomic E-state index is -0.778. The minimum Gasteiger partial charge on any atom is -0.481 e. The monoisotopic (exact) mass is 297 g/mol. The SMILES string of the molecule is CCC(CCNC(=O)Cn1cc(CN)nn1)CCC(=O)O. The molecule has 0 saturated carbocycles. The number of nitrogens with one attached hydrogen (secondary N) is 1. The van der Waals surface area contributed by atoms with Gasteiger partial charge >= 0.3 is 5.97 Å². The molecule has 0 aliphatic carbocycles. The predicted octanol–water partition coefficient (Wildman–Crippen LogP) is 0.134. The van der Waals surface area contributed by atoms with Crippen LogP contribution in [0.5, 0.6) is 0 Å². The van der Waals surface area contributed by atoms with Gasteiger partial charge in [-0.3, -0.25) is 9.59 Å². The molecule has 1 rings (SSSR count). The minimum absolute atomic E-state index is 0.110. The van der Waals surface area contributed by atoms with Gasteiger partial charge in [0, 0.05) is 19.5 Å². The second-order valence-electron chi connectivity index (χ2n) is 4.96. The lowest BCUT2D eigenvalue weighted by Crippen LogP contribution is -2.29. The molecular weight excluding hydrogens is 274 g/mol. The lowest BCUT2D eigenvalue weighted by molar-refractivity contribution is -0.137. The van der Waals surface area contributed by atoms with E-state index in [4.69, 9.17) is 10.8 Å². The second-order valence-corrected chi connectivity index (χ2v) is 4.96. The Labute approximate surface area is 123 Å². The fourth-order valence-corrected chi connectivity index (χ4v) is 2.01. The highest BCUT2D eigenvalue weighted by atomic mass is 16.4. The van der Waals surface area contributed by atoms with E-state index >= 15 is 0 Å². The molecule has 1 heterocycles. The highest BCUT2D eigenvalue weighted by Crippen LogP contribution is 2.14. The van der Waals surface area contributed by atoms with E-state index in [0.29, 0.717) is 31.1 Å². The average molecular weight is 297 g/mol. The van der Waals surface area contributed by atoms with Gasteiger partial charge in [0.15, 0.2) is 0 Å². The molecule has 0 aliphatic heterocycles. The van der Waals surface area contributed by atoms with Crippen molar-refractivity contribution in [2.24, 2.45) is 11.7 Å². The first kappa shape index (κ1) is 17.1. The smallest absolute Gasteiger partial charge is 0.303 e. The molecule has 8 heteroatoms. The van der Waals surface area contributed by atoms with Crippen molar-refractivity contribution in [2.45, 2.75) is 45.7 Å². The number of carboxylic acids is 1. The zero-order valence-corrected chi connectivity index (χ0v) is 12.3. The Hall–Kier alpha value is -1.96. The highest BCUT2D eigenvalue weighted by molar-refractivity contribution is 5.75. The van der Waals surface area contributed by atoms with E-state index in [1.165, 1.54) is 4.68 Å². The third-order valence-corrected chi connectivity index (χ3v) is 3.32. The molecule has 8 nitrogen and oxygen atoms in total. The number of carboxylic acid groups (broad SMARTS) is 1. The molecule has 0 radical (unpaired) electrons. The molecule has 1 aromatic rings. The van der Waals surface area contributed by atoms with Gasteiger partial charge in [-0.05, 0) is 18.8 Å². The zero-order chi connectivity index (χ0) is 15.7. The maximum absolute atomic E-state index is 11.7. The largest absolute Gasteiger partial charge is 0.481 e. The molecule has 0 fully saturated rings. The van der Waals surface area contributed by atoms with Crippen LogP contribution in [0.1, 0.15) is 38.3 Å². The Morgan fingerprint density at radius 2 is 2.24 bits per heavy atom. The van der Waals surface area contributed by atoms with Crippen LogP contribution in [-0.2, 0) is 22.7 Å². The molecule has 1 unspecified atom stereocenters. The maximum Gasteiger partial charge on any atom is 0.303 e. The molecule has 21 heavy (non-hydrogen) atoms. The first-order valence-corrected chi connectivity index (χ1v) is 7.12. The molecular formula is C13H23N5O3. The molecule has 1 amide bonds. The van der Waals surface area contributed by atoms with E-state index in [9.17, 15) is 9.59 Å². The number of aliphatic carboxylic acids is 1. The summed E-state index contributed by atoms with van der Waals surface area (Å²) < 4.78 is 1.44. The summed E-state index contributed by atoms with van der Waals surface area (Å²) in [7, 11) is 0. The number of rotatable bonds is 10. The van der Waals surface area contributed by atoms with Crippen LogP contribution < -0.4 is 11.1 Å². The summed E-state index contributed by atoms with van der Waals surface area (Å²) in [6.45, 7) is 2.97. The van der Waals surface area contributed by atoms with E-state index < -0.39 is 5.97 Å². The lowest BCUT2D eigenvalue weighted by atomic mass is 9.97. The molecule has 0 aromatic carbocycles. The maximum atomic E-state index is 11.7. The van der Waals surface area contributed by atoms with Crippen molar-refractivity contribution in [1.29, 1.82) is 0 Å². The van der Waals surface area contributed by atoms with E-state index in [0.717, 1.165) is 12.8 Å². The Balaban J connectivity index is 2.24. The van der Waals surface area contributed by atoms with Crippen molar-refractivity contribution < 1.29 is 14.7 Å². The molecule has 1 aromatic heterocycles. The van der Waals surface area contributed by atoms with Crippen LogP contribution in [0.3, 0.4) is 0 Å². The van der Waals surface area contributed by atoms with Crippen LogP contribution >= 0.6 is 0 Å². The number of nitrogens with zero attached hydrogens (tertiary/aromatic N) is 3. The topological polar surface area (TPSA) is 123 Å². The summed E-state index contributed by atoms with van der Waals surface area (Å²) in [6, 6.07) is 0. The van der Waals surface area contributed by atoms with Crippen LogP contribution in [0.15, 0.2) is 6.20 Å². The fourth-order valence-electron chi connectivity index (χ4n) is 2.01. The van der Waals surface area contributed by atoms with Crippen LogP contribution in [0.2, 0.25) is 0 Å². The number of carbonyl (C=O) groups excluding carboxylic acids is 1. The first-order chi connectivity index (χ1) is 10.0. The lowest BCUT2D eigenvalue weighted by Gasteiger charge is -2.13. The van der Waals surface area contributed by atoms with Crippen molar-refractivity contribution in [3.05, 3.63) is 11.9 Å². The summed E-state index contributed by atoms with van der Waals surface area (Å²) in [5.74, 6) is -0.604. The van der Waals surface area contributed by atoms with Crippen LogP contribution in [0, 0.1) is 5.92 Å².